The zero-order valence-corrected chi connectivity index (χ0v) is 31.4. The second kappa shape index (κ2) is 13.0. The van der Waals surface area contributed by atoms with Crippen LogP contribution in [0, 0.1) is 34.5 Å². The van der Waals surface area contributed by atoms with E-state index in [9.17, 15) is 29.1 Å². The first-order valence-electron chi connectivity index (χ1n) is 17.7. The average molecular weight is 764 g/mol. The van der Waals surface area contributed by atoms with Gasteiger partial charge in [0.05, 0.1) is 0 Å². The topological polar surface area (TPSA) is 154 Å². The minimum atomic E-state index is -2.86. The fraction of sp³-hybridized carbons (Fsp3) is 0.800. The Bertz CT molecular complexity index is 1520. The number of carbonyl (C=O) groups excluding carboxylic acids is 3. The molecule has 0 spiro atoms. The molecule has 4 aliphatic carbocycles. The molecule has 12 heteroatoms. The molecule has 47 heavy (non-hydrogen) atoms. The summed E-state index contributed by atoms with van der Waals surface area (Å²) in [6.45, 7) is 4.31. The number of hydrogen-bond donors (Lipinski definition) is 2. The number of aliphatic hydroxyl groups excluding tert-OH is 1. The number of nitrogens with zero attached hydrogens (tertiary/aromatic N) is 1. The van der Waals surface area contributed by atoms with Crippen LogP contribution in [0.3, 0.4) is 0 Å². The summed E-state index contributed by atoms with van der Waals surface area (Å²) in [4.78, 5) is 71.8. The van der Waals surface area contributed by atoms with E-state index in [-0.39, 0.29) is 41.8 Å². The molecular formula is C35H52N2O9Sn. The molecule has 5 aliphatic rings. The Morgan fingerprint density at radius 2 is 1.68 bits per heavy atom. The molecule has 1 saturated heterocycles. The van der Waals surface area contributed by atoms with E-state index < -0.39 is 61.0 Å². The zero-order chi connectivity index (χ0) is 33.9. The Labute approximate surface area is 280 Å². The monoisotopic (exact) mass is 764 g/mol. The number of fused-ring (bicyclic) bond motifs is 5. The first kappa shape index (κ1) is 34.9. The van der Waals surface area contributed by atoms with Crippen molar-refractivity contribution in [1.29, 1.82) is 0 Å². The molecule has 6 rings (SSSR count). The van der Waals surface area contributed by atoms with Crippen molar-refractivity contribution in [2.75, 3.05) is 6.61 Å². The molecule has 5 unspecified atom stereocenters. The van der Waals surface area contributed by atoms with Crippen LogP contribution in [-0.2, 0) is 28.6 Å². The molecule has 0 aromatic carbocycles. The number of aromatic nitrogens is 2. The van der Waals surface area contributed by atoms with Crippen LogP contribution in [0.1, 0.15) is 97.1 Å². The SMILES string of the molecule is C[C@]12CCC3C(CC[C@H]4CC(=O)CC[C@]34C)[C@@H]1CC[C@@H]2OC(=O)CCC(=O)OC1CC(n2c[c]([Sn]([CH3])([CH3])[CH3])c(=O)[nH]c2=O)OC1CO. The fourth-order valence-corrected chi connectivity index (χ4v) is 13.9. The molecule has 11 nitrogen and oxygen atoms in total. The summed E-state index contributed by atoms with van der Waals surface area (Å²) < 4.78 is 19.5. The molecule has 5 fully saturated rings. The fourth-order valence-electron chi connectivity index (χ4n) is 10.2. The van der Waals surface area contributed by atoms with Crippen molar-refractivity contribution in [1.82, 2.24) is 9.55 Å². The number of hydrogen-bond acceptors (Lipinski definition) is 9. The van der Waals surface area contributed by atoms with Gasteiger partial charge < -0.3 is 0 Å². The molecule has 1 aromatic heterocycles. The van der Waals surface area contributed by atoms with E-state index in [1.54, 1.807) is 6.20 Å². The summed E-state index contributed by atoms with van der Waals surface area (Å²) >= 11 is -2.86. The molecule has 4 saturated carbocycles. The maximum absolute atomic E-state index is 13.1. The van der Waals surface area contributed by atoms with E-state index in [2.05, 4.69) is 33.7 Å². The number of nitrogens with one attached hydrogen (secondary N) is 1. The van der Waals surface area contributed by atoms with Gasteiger partial charge in [-0.3, -0.25) is 4.79 Å². The first-order valence-corrected chi connectivity index (χ1v) is 27.7. The van der Waals surface area contributed by atoms with Crippen LogP contribution >= 0.6 is 0 Å². The zero-order valence-electron chi connectivity index (χ0n) is 28.5. The van der Waals surface area contributed by atoms with Gasteiger partial charge in [-0.25, -0.2) is 0 Å². The first-order chi connectivity index (χ1) is 22.1. The number of ether oxygens (including phenoxy) is 3. The van der Waals surface area contributed by atoms with E-state index in [0.717, 1.165) is 51.4 Å². The molecule has 2 N–H and O–H groups in total. The van der Waals surface area contributed by atoms with Gasteiger partial charge in [-0.15, -0.1) is 0 Å². The van der Waals surface area contributed by atoms with Crippen molar-refractivity contribution in [2.24, 2.45) is 34.5 Å². The third-order valence-corrected chi connectivity index (χ3v) is 18.6. The van der Waals surface area contributed by atoms with Crippen molar-refractivity contribution in [3.8, 4) is 0 Å². The summed E-state index contributed by atoms with van der Waals surface area (Å²) in [6.07, 6.45) is 7.55. The van der Waals surface area contributed by atoms with E-state index in [4.69, 9.17) is 14.2 Å². The predicted octanol–water partition coefficient (Wildman–Crippen LogP) is 3.58. The normalized spacial score (nSPS) is 38.3. The van der Waals surface area contributed by atoms with Crippen LogP contribution in [0.25, 0.3) is 0 Å². The Balaban J connectivity index is 1.02. The Kier molecular flexibility index (Phi) is 9.67. The molecular weight excluding hydrogens is 711 g/mol. The number of aromatic amines is 1. The quantitative estimate of drug-likeness (QED) is 0.299. The number of esters is 2. The molecule has 10 atom stereocenters. The van der Waals surface area contributed by atoms with E-state index >= 15 is 0 Å². The van der Waals surface area contributed by atoms with Crippen molar-refractivity contribution >= 4 is 39.7 Å². The summed E-state index contributed by atoms with van der Waals surface area (Å²) in [5, 5.41) is 9.92. The van der Waals surface area contributed by atoms with Crippen molar-refractivity contribution in [2.45, 2.75) is 130 Å². The van der Waals surface area contributed by atoms with Crippen LogP contribution in [0.5, 0.6) is 0 Å². The molecule has 260 valence electrons. The average Bonchev–Trinajstić information content (AvgIpc) is 3.55. The van der Waals surface area contributed by atoms with Gasteiger partial charge in [0.25, 0.3) is 0 Å². The van der Waals surface area contributed by atoms with Crippen molar-refractivity contribution in [3.63, 3.8) is 0 Å². The van der Waals surface area contributed by atoms with Crippen LogP contribution in [0.4, 0.5) is 0 Å². The Morgan fingerprint density at radius 1 is 0.979 bits per heavy atom. The third kappa shape index (κ3) is 6.54. The number of Topliss-reactive ketones (excluding diaryl/α,β-unsaturated/α-hetero) is 1. The summed E-state index contributed by atoms with van der Waals surface area (Å²) in [6, 6.07) is 0. The summed E-state index contributed by atoms with van der Waals surface area (Å²) in [5.41, 5.74) is -0.836. The molecule has 0 amide bonds. The van der Waals surface area contributed by atoms with Gasteiger partial charge in [0.15, 0.2) is 0 Å². The van der Waals surface area contributed by atoms with Gasteiger partial charge in [-0.2, -0.15) is 0 Å². The van der Waals surface area contributed by atoms with E-state index in [0.29, 0.717) is 39.5 Å². The third-order valence-electron chi connectivity index (χ3n) is 12.9. The Morgan fingerprint density at radius 3 is 2.38 bits per heavy atom. The number of carbonyl (C=O) groups is 3. The standard InChI is InChI=1S/C32H43N2O9.3CH3.Sn/c1-31-12-9-19(36)15-18(31)3-4-20-21-5-6-25(32(21,2)13-10-22(20)31)43-29(39)8-7-28(38)42-23-16-27(41-24(23)17-35)34-14-11-26(37)33-30(34)40;;;;/h14,18,20-25,27,35H,3-10,12-13,15-17H2,1-2H3,(H,33,37,40);3*1H3;/t18-,20?,21-,22?,23?,24?,25-,27?,31-,32-;;;;/m0..../s1. The van der Waals surface area contributed by atoms with Gasteiger partial charge in [-0.05, 0) is 74.0 Å². The molecule has 1 aliphatic heterocycles. The molecule has 0 radical (unpaired) electrons. The molecule has 2 heterocycles. The van der Waals surface area contributed by atoms with Crippen LogP contribution in [0.15, 0.2) is 15.8 Å². The number of H-pyrrole nitrogens is 1. The number of ketones is 1. The maximum atomic E-state index is 13.1. The van der Waals surface area contributed by atoms with Crippen molar-refractivity contribution < 1.29 is 33.7 Å². The van der Waals surface area contributed by atoms with Gasteiger partial charge in [-0.1, -0.05) is 13.8 Å². The van der Waals surface area contributed by atoms with Crippen molar-refractivity contribution in [3.05, 3.63) is 27.0 Å². The van der Waals surface area contributed by atoms with Gasteiger partial charge in [0, 0.05) is 18.3 Å². The van der Waals surface area contributed by atoms with E-state index in [1.807, 2.05) is 0 Å². The second-order valence-corrected chi connectivity index (χ2v) is 30.9. The summed E-state index contributed by atoms with van der Waals surface area (Å²) in [5.74, 6) is 1.67. The predicted molar refractivity (Wildman–Crippen MR) is 176 cm³/mol. The number of aliphatic hydroxyl groups is 1. The Hall–Kier alpha value is -1.99. The van der Waals surface area contributed by atoms with Gasteiger partial charge in [0.1, 0.15) is 11.9 Å². The minimum absolute atomic E-state index is 0.0774. The van der Waals surface area contributed by atoms with Gasteiger partial charge in [0.2, 0.25) is 0 Å². The van der Waals surface area contributed by atoms with Crippen LogP contribution in [0.2, 0.25) is 14.8 Å². The van der Waals surface area contributed by atoms with Gasteiger partial charge >= 0.3 is 159 Å². The van der Waals surface area contributed by atoms with Crippen LogP contribution in [-0.4, -0.2) is 75.7 Å². The molecule has 0 bridgehead atoms. The number of rotatable bonds is 8. The molecule has 1 aromatic rings. The summed E-state index contributed by atoms with van der Waals surface area (Å²) in [7, 11) is 0. The van der Waals surface area contributed by atoms with E-state index in [1.165, 1.54) is 4.57 Å². The second-order valence-electron chi connectivity index (χ2n) is 16.5. The van der Waals surface area contributed by atoms with Crippen LogP contribution < -0.4 is 14.8 Å².